The molecule has 2 aromatic carbocycles. The van der Waals surface area contributed by atoms with E-state index >= 15 is 0 Å². The van der Waals surface area contributed by atoms with Crippen molar-refractivity contribution in [2.24, 2.45) is 7.05 Å². The normalized spacial score (nSPS) is 11.3. The first-order valence-corrected chi connectivity index (χ1v) is 10.7. The number of hydrogen-bond donors (Lipinski definition) is 2. The van der Waals surface area contributed by atoms with Crippen molar-refractivity contribution in [2.45, 2.75) is 26.0 Å². The molecule has 4 rings (SSSR count). The van der Waals surface area contributed by atoms with E-state index in [4.69, 9.17) is 9.15 Å². The maximum atomic E-state index is 12.7. The highest BCUT2D eigenvalue weighted by Gasteiger charge is 2.29. The van der Waals surface area contributed by atoms with Crippen LogP contribution in [0.15, 0.2) is 77.4 Å². The van der Waals surface area contributed by atoms with Gasteiger partial charge in [-0.25, -0.2) is 4.79 Å². The van der Waals surface area contributed by atoms with E-state index in [1.165, 1.54) is 13.8 Å². The molecule has 8 heteroatoms. The van der Waals surface area contributed by atoms with Crippen molar-refractivity contribution in [3.8, 4) is 28.3 Å². The monoisotopic (exact) mass is 459 g/mol. The van der Waals surface area contributed by atoms with Gasteiger partial charge in [0.1, 0.15) is 11.5 Å². The summed E-state index contributed by atoms with van der Waals surface area (Å²) in [5.74, 6) is -0.172. The molecule has 0 radical (unpaired) electrons. The lowest BCUT2D eigenvalue weighted by Gasteiger charge is -2.21. The molecule has 0 aliphatic carbocycles. The molecular weight excluding hydrogens is 434 g/mol. The lowest BCUT2D eigenvalue weighted by molar-refractivity contribution is -0.152. The van der Waals surface area contributed by atoms with E-state index in [-0.39, 0.29) is 12.5 Å². The van der Waals surface area contributed by atoms with E-state index < -0.39 is 11.6 Å². The third-order valence-corrected chi connectivity index (χ3v) is 5.34. The zero-order valence-corrected chi connectivity index (χ0v) is 19.1. The number of carboxylic acids is 1. The van der Waals surface area contributed by atoms with Gasteiger partial charge in [0.25, 0.3) is 5.91 Å². The minimum Gasteiger partial charge on any atom is -0.478 e. The van der Waals surface area contributed by atoms with Crippen LogP contribution in [0, 0.1) is 0 Å². The van der Waals surface area contributed by atoms with Gasteiger partial charge in [-0.1, -0.05) is 36.4 Å². The van der Waals surface area contributed by atoms with Gasteiger partial charge in [0, 0.05) is 19.2 Å². The van der Waals surface area contributed by atoms with Crippen molar-refractivity contribution in [3.63, 3.8) is 0 Å². The second-order valence-electron chi connectivity index (χ2n) is 8.34. The van der Waals surface area contributed by atoms with Gasteiger partial charge in [0.05, 0.1) is 12.0 Å². The number of carboxylic acid groups (broad SMARTS) is 1. The Morgan fingerprint density at radius 1 is 1.06 bits per heavy atom. The number of aromatic nitrogens is 2. The summed E-state index contributed by atoms with van der Waals surface area (Å²) in [6, 6.07) is 20.3. The molecular formula is C26H25N3O5. The Morgan fingerprint density at radius 3 is 2.47 bits per heavy atom. The smallest absolute Gasteiger partial charge is 0.347 e. The number of carbonyl (C=O) groups excluding carboxylic acids is 1. The van der Waals surface area contributed by atoms with Crippen molar-refractivity contribution in [1.29, 1.82) is 0 Å². The fraction of sp³-hybridized carbons (Fsp3) is 0.192. The number of ether oxygens (including phenoxy) is 1. The minimum atomic E-state index is -1.36. The molecule has 0 atom stereocenters. The Morgan fingerprint density at radius 2 is 1.79 bits per heavy atom. The van der Waals surface area contributed by atoms with Gasteiger partial charge in [0.15, 0.2) is 11.3 Å². The number of benzene rings is 2. The number of nitrogens with one attached hydrogen (secondary N) is 1. The summed E-state index contributed by atoms with van der Waals surface area (Å²) >= 11 is 0. The zero-order chi connectivity index (χ0) is 24.3. The van der Waals surface area contributed by atoms with Gasteiger partial charge in [-0.05, 0) is 55.3 Å². The molecule has 8 nitrogen and oxygen atoms in total. The van der Waals surface area contributed by atoms with Crippen LogP contribution in [0.2, 0.25) is 0 Å². The van der Waals surface area contributed by atoms with E-state index in [0.717, 1.165) is 28.1 Å². The average molecular weight is 460 g/mol. The Hall–Kier alpha value is -4.33. The molecule has 1 amide bonds. The van der Waals surface area contributed by atoms with E-state index in [0.29, 0.717) is 11.4 Å². The Balaban J connectivity index is 1.42. The van der Waals surface area contributed by atoms with Crippen LogP contribution in [-0.2, 0) is 18.4 Å². The van der Waals surface area contributed by atoms with Crippen molar-refractivity contribution >= 4 is 11.9 Å². The molecule has 0 aliphatic rings. The molecule has 0 saturated heterocycles. The number of hydrogen-bond acceptors (Lipinski definition) is 5. The summed E-state index contributed by atoms with van der Waals surface area (Å²) < 4.78 is 12.7. The highest BCUT2D eigenvalue weighted by Crippen LogP contribution is 2.25. The molecule has 0 spiro atoms. The minimum absolute atomic E-state index is 0.243. The zero-order valence-electron chi connectivity index (χ0n) is 19.1. The molecule has 2 N–H and O–H groups in total. The van der Waals surface area contributed by atoms with Crippen LogP contribution in [0.1, 0.15) is 29.9 Å². The maximum absolute atomic E-state index is 12.7. The van der Waals surface area contributed by atoms with Crippen LogP contribution in [0.4, 0.5) is 0 Å². The summed E-state index contributed by atoms with van der Waals surface area (Å²) in [4.78, 5) is 24.0. The topological polar surface area (TPSA) is 107 Å². The number of furan rings is 1. The molecule has 34 heavy (non-hydrogen) atoms. The van der Waals surface area contributed by atoms with Gasteiger partial charge in [-0.15, -0.1) is 0 Å². The molecule has 174 valence electrons. The standard InChI is InChI=1S/C26H25N3O5/c1-26(2,25(31)32)34-20-7-4-6-17(14-20)16-27-24(30)21-15-22(29(3)28-21)18-9-11-19(12-10-18)23-8-5-13-33-23/h4-15H,16H2,1-3H3,(H,27,30)(H,31,32). The molecule has 2 heterocycles. The van der Waals surface area contributed by atoms with Crippen molar-refractivity contribution in [3.05, 3.63) is 84.3 Å². The quantitative estimate of drug-likeness (QED) is 0.401. The number of nitrogens with zero attached hydrogens (tertiary/aromatic N) is 2. The number of aliphatic carboxylic acids is 1. The second-order valence-corrected chi connectivity index (χ2v) is 8.34. The summed E-state index contributed by atoms with van der Waals surface area (Å²) in [6.07, 6.45) is 1.63. The molecule has 0 bridgehead atoms. The van der Waals surface area contributed by atoms with Gasteiger partial charge in [-0.3, -0.25) is 9.48 Å². The maximum Gasteiger partial charge on any atom is 0.347 e. The molecule has 0 aliphatic heterocycles. The van der Waals surface area contributed by atoms with Crippen LogP contribution in [0.3, 0.4) is 0 Å². The van der Waals surface area contributed by atoms with Gasteiger partial charge >= 0.3 is 5.97 Å². The first-order valence-electron chi connectivity index (χ1n) is 10.7. The van der Waals surface area contributed by atoms with Gasteiger partial charge in [0.2, 0.25) is 0 Å². The van der Waals surface area contributed by atoms with Crippen LogP contribution in [0.25, 0.3) is 22.6 Å². The third-order valence-electron chi connectivity index (χ3n) is 5.34. The fourth-order valence-corrected chi connectivity index (χ4v) is 3.43. The molecule has 2 aromatic heterocycles. The van der Waals surface area contributed by atoms with Crippen molar-refractivity contribution < 1.29 is 23.8 Å². The Kier molecular flexibility index (Phi) is 6.23. The predicted molar refractivity (Wildman–Crippen MR) is 126 cm³/mol. The van der Waals surface area contributed by atoms with E-state index in [9.17, 15) is 14.7 Å². The third kappa shape index (κ3) is 5.01. The highest BCUT2D eigenvalue weighted by molar-refractivity contribution is 5.93. The van der Waals surface area contributed by atoms with Crippen LogP contribution < -0.4 is 10.1 Å². The Bertz CT molecular complexity index is 1300. The molecule has 0 fully saturated rings. The SMILES string of the molecule is Cn1nc(C(=O)NCc2cccc(OC(C)(C)C(=O)O)c2)cc1-c1ccc(-c2ccco2)cc1. The summed E-state index contributed by atoms with van der Waals surface area (Å²) in [5.41, 5.74) is 2.41. The molecule has 0 unspecified atom stereocenters. The number of carbonyl (C=O) groups is 2. The fourth-order valence-electron chi connectivity index (χ4n) is 3.43. The first-order chi connectivity index (χ1) is 16.2. The number of amides is 1. The van der Waals surface area contributed by atoms with Crippen molar-refractivity contribution in [2.75, 3.05) is 0 Å². The lowest BCUT2D eigenvalue weighted by atomic mass is 10.1. The van der Waals surface area contributed by atoms with Gasteiger partial charge in [-0.2, -0.15) is 5.10 Å². The summed E-state index contributed by atoms with van der Waals surface area (Å²) in [6.45, 7) is 3.20. The lowest BCUT2D eigenvalue weighted by Crippen LogP contribution is -2.37. The predicted octanol–water partition coefficient (Wildman–Crippen LogP) is 4.52. The second kappa shape index (κ2) is 9.27. The van der Waals surface area contributed by atoms with Crippen molar-refractivity contribution in [1.82, 2.24) is 15.1 Å². The summed E-state index contributed by atoms with van der Waals surface area (Å²) in [5, 5.41) is 16.4. The van der Waals surface area contributed by atoms with E-state index in [1.54, 1.807) is 42.3 Å². The number of rotatable bonds is 8. The summed E-state index contributed by atoms with van der Waals surface area (Å²) in [7, 11) is 1.79. The van der Waals surface area contributed by atoms with E-state index in [1.807, 2.05) is 42.5 Å². The number of aryl methyl sites for hydroxylation is 1. The first kappa shape index (κ1) is 22.8. The Labute approximate surface area is 196 Å². The molecule has 0 saturated carbocycles. The highest BCUT2D eigenvalue weighted by atomic mass is 16.5. The largest absolute Gasteiger partial charge is 0.478 e. The van der Waals surface area contributed by atoms with Crippen LogP contribution in [0.5, 0.6) is 5.75 Å². The molecule has 4 aromatic rings. The van der Waals surface area contributed by atoms with Gasteiger partial charge < -0.3 is 19.6 Å². The van der Waals surface area contributed by atoms with E-state index in [2.05, 4.69) is 10.4 Å². The van der Waals surface area contributed by atoms with Crippen LogP contribution in [-0.4, -0.2) is 32.4 Å². The van der Waals surface area contributed by atoms with Crippen LogP contribution >= 0.6 is 0 Å². The average Bonchev–Trinajstić information content (AvgIpc) is 3.48.